The zero-order valence-electron chi connectivity index (χ0n) is 29.9. The summed E-state index contributed by atoms with van der Waals surface area (Å²) in [6.45, 7) is 10.2. The maximum atomic E-state index is 14.3. The molecule has 1 aliphatic rings. The number of rotatable bonds is 9. The molecule has 1 heterocycles. The van der Waals surface area contributed by atoms with E-state index in [-0.39, 0.29) is 37.5 Å². The number of ether oxygens (including phenoxy) is 2. The minimum Gasteiger partial charge on any atom is -0.465 e. The molecule has 274 valence electrons. The summed E-state index contributed by atoms with van der Waals surface area (Å²) in [5.41, 5.74) is 3.57. The van der Waals surface area contributed by atoms with Gasteiger partial charge in [0.05, 0.1) is 12.2 Å². The third kappa shape index (κ3) is 9.12. The van der Waals surface area contributed by atoms with E-state index in [4.69, 9.17) is 9.47 Å². The van der Waals surface area contributed by atoms with E-state index in [0.717, 1.165) is 23.3 Å². The van der Waals surface area contributed by atoms with Gasteiger partial charge in [-0.3, -0.25) is 9.69 Å². The molecular weight excluding hydrogens is 673 g/mol. The van der Waals surface area contributed by atoms with E-state index in [9.17, 15) is 32.7 Å². The van der Waals surface area contributed by atoms with Crippen LogP contribution in [0.15, 0.2) is 91.0 Å². The van der Waals surface area contributed by atoms with E-state index in [2.05, 4.69) is 20.8 Å². The fourth-order valence-corrected chi connectivity index (χ4v) is 6.00. The van der Waals surface area contributed by atoms with Gasteiger partial charge in [0.1, 0.15) is 17.5 Å². The van der Waals surface area contributed by atoms with Crippen LogP contribution in [-0.2, 0) is 34.0 Å². The van der Waals surface area contributed by atoms with Gasteiger partial charge in [-0.25, -0.2) is 14.5 Å². The lowest BCUT2D eigenvalue weighted by molar-refractivity contribution is -0.137. The molecule has 0 bridgehead atoms. The van der Waals surface area contributed by atoms with Crippen LogP contribution in [0.2, 0.25) is 0 Å². The van der Waals surface area contributed by atoms with Gasteiger partial charge in [0.15, 0.2) is 0 Å². The van der Waals surface area contributed by atoms with Crippen molar-refractivity contribution in [1.82, 2.24) is 9.80 Å². The maximum absolute atomic E-state index is 14.3. The number of carboxylic acid groups (broad SMARTS) is 1. The molecule has 0 aliphatic carbocycles. The highest BCUT2D eigenvalue weighted by Crippen LogP contribution is 2.37. The van der Waals surface area contributed by atoms with Crippen LogP contribution in [0.25, 0.3) is 11.1 Å². The van der Waals surface area contributed by atoms with Crippen molar-refractivity contribution < 1.29 is 42.1 Å². The lowest BCUT2D eigenvalue weighted by Crippen LogP contribution is -2.50. The van der Waals surface area contributed by atoms with E-state index in [1.807, 2.05) is 44.2 Å². The molecule has 52 heavy (non-hydrogen) atoms. The number of nitrogens with zero attached hydrogens (tertiary/aromatic N) is 2. The van der Waals surface area contributed by atoms with Crippen molar-refractivity contribution in [3.05, 3.63) is 119 Å². The second-order valence-electron chi connectivity index (χ2n) is 14.3. The molecular formula is C41H43F3N2O6. The molecule has 8 nitrogen and oxygen atoms in total. The Balaban J connectivity index is 1.39. The molecule has 1 N–H and O–H groups in total. The van der Waals surface area contributed by atoms with Crippen molar-refractivity contribution in [2.24, 2.45) is 5.92 Å². The molecule has 1 atom stereocenters. The van der Waals surface area contributed by atoms with Gasteiger partial charge in [-0.1, -0.05) is 89.2 Å². The van der Waals surface area contributed by atoms with Gasteiger partial charge in [0.2, 0.25) is 0 Å². The van der Waals surface area contributed by atoms with Crippen LogP contribution in [-0.4, -0.2) is 52.7 Å². The summed E-state index contributed by atoms with van der Waals surface area (Å²) in [7, 11) is 0. The summed E-state index contributed by atoms with van der Waals surface area (Å²) < 4.78 is 50.7. The topological polar surface area (TPSA) is 96.4 Å². The molecule has 0 unspecified atom stereocenters. The first-order valence-electron chi connectivity index (χ1n) is 17.2. The van der Waals surface area contributed by atoms with E-state index >= 15 is 0 Å². The number of hydrogen-bond acceptors (Lipinski definition) is 5. The van der Waals surface area contributed by atoms with E-state index in [1.54, 1.807) is 36.4 Å². The molecule has 3 amide bonds. The van der Waals surface area contributed by atoms with E-state index in [0.29, 0.717) is 45.1 Å². The van der Waals surface area contributed by atoms with Gasteiger partial charge in [-0.15, -0.1) is 0 Å². The summed E-state index contributed by atoms with van der Waals surface area (Å²) >= 11 is 0. The second kappa shape index (κ2) is 15.5. The summed E-state index contributed by atoms with van der Waals surface area (Å²) in [4.78, 5) is 42.3. The first-order chi connectivity index (χ1) is 24.5. The van der Waals surface area contributed by atoms with Gasteiger partial charge in [0.25, 0.3) is 5.91 Å². The minimum absolute atomic E-state index is 0.0412. The quantitative estimate of drug-likeness (QED) is 0.185. The van der Waals surface area contributed by atoms with Gasteiger partial charge in [0, 0.05) is 13.1 Å². The van der Waals surface area contributed by atoms with Gasteiger partial charge < -0.3 is 14.6 Å². The fraction of sp³-hybridized carbons (Fsp3) is 0.341. The van der Waals surface area contributed by atoms with Crippen molar-refractivity contribution >= 4 is 18.1 Å². The molecule has 0 radical (unpaired) electrons. The Morgan fingerprint density at radius 1 is 0.846 bits per heavy atom. The van der Waals surface area contributed by atoms with Crippen molar-refractivity contribution in [3.8, 4) is 22.6 Å². The Morgan fingerprint density at radius 3 is 1.98 bits per heavy atom. The van der Waals surface area contributed by atoms with Crippen LogP contribution in [0.3, 0.4) is 0 Å². The SMILES string of the molecule is CC(C)COC(=O)N1CCc2ccc(Oc3ccc(C(C)(C)C)cc3)cc2[C@H]1C(=O)N(CCc1ccc(-c2ccc(C(F)(F)F)cc2)cc1)C(=O)O. The summed E-state index contributed by atoms with van der Waals surface area (Å²) in [6, 6.07) is 23.5. The molecule has 0 aromatic heterocycles. The highest BCUT2D eigenvalue weighted by molar-refractivity contribution is 5.97. The zero-order valence-corrected chi connectivity index (χ0v) is 29.9. The van der Waals surface area contributed by atoms with Crippen LogP contribution in [0, 0.1) is 5.92 Å². The summed E-state index contributed by atoms with van der Waals surface area (Å²) in [5, 5.41) is 10.3. The first kappa shape index (κ1) is 37.9. The molecule has 0 saturated heterocycles. The Morgan fingerprint density at radius 2 is 1.42 bits per heavy atom. The Labute approximate surface area is 301 Å². The van der Waals surface area contributed by atoms with Crippen molar-refractivity contribution in [2.45, 2.75) is 65.1 Å². The molecule has 4 aromatic rings. The van der Waals surface area contributed by atoms with Gasteiger partial charge in [-0.2, -0.15) is 13.2 Å². The number of hydrogen-bond donors (Lipinski definition) is 1. The Hall–Kier alpha value is -5.32. The lowest BCUT2D eigenvalue weighted by atomic mass is 9.87. The second-order valence-corrected chi connectivity index (χ2v) is 14.3. The highest BCUT2D eigenvalue weighted by atomic mass is 19.4. The Kier molecular flexibility index (Phi) is 11.3. The highest BCUT2D eigenvalue weighted by Gasteiger charge is 2.41. The van der Waals surface area contributed by atoms with Crippen molar-refractivity contribution in [2.75, 3.05) is 19.7 Å². The minimum atomic E-state index is -4.43. The first-order valence-corrected chi connectivity index (χ1v) is 17.2. The number of alkyl halides is 3. The number of carbonyl (C=O) groups excluding carboxylic acids is 2. The van der Waals surface area contributed by atoms with Crippen LogP contribution >= 0.6 is 0 Å². The smallest absolute Gasteiger partial charge is 0.416 e. The third-order valence-electron chi connectivity index (χ3n) is 8.93. The number of benzene rings is 4. The number of fused-ring (bicyclic) bond motifs is 1. The molecule has 0 saturated carbocycles. The standard InChI is InChI=1S/C41H43F3N2O6/c1-26(2)25-51-39(50)45-23-21-30-12-17-34(52-33-18-15-31(16-19-33)40(3,4)5)24-35(30)36(45)37(47)46(38(48)49)22-20-27-6-8-28(9-7-27)29-10-13-32(14-11-29)41(42,43)44/h6-19,24,26,36H,20-23,25H2,1-5H3,(H,48,49)/t36-/m0/s1. The van der Waals surface area contributed by atoms with Crippen LogP contribution in [0.4, 0.5) is 22.8 Å². The molecule has 11 heteroatoms. The van der Waals surface area contributed by atoms with Crippen LogP contribution < -0.4 is 4.74 Å². The predicted molar refractivity (Wildman–Crippen MR) is 191 cm³/mol. The van der Waals surface area contributed by atoms with Crippen molar-refractivity contribution in [3.63, 3.8) is 0 Å². The molecule has 0 fully saturated rings. The lowest BCUT2D eigenvalue weighted by Gasteiger charge is -2.37. The maximum Gasteiger partial charge on any atom is 0.416 e. The van der Waals surface area contributed by atoms with Crippen LogP contribution in [0.5, 0.6) is 11.5 Å². The molecule has 5 rings (SSSR count). The largest absolute Gasteiger partial charge is 0.465 e. The van der Waals surface area contributed by atoms with E-state index in [1.165, 1.54) is 17.0 Å². The predicted octanol–water partition coefficient (Wildman–Crippen LogP) is 9.90. The molecule has 4 aromatic carbocycles. The van der Waals surface area contributed by atoms with Crippen molar-refractivity contribution in [1.29, 1.82) is 0 Å². The van der Waals surface area contributed by atoms with Gasteiger partial charge >= 0.3 is 18.4 Å². The fourth-order valence-electron chi connectivity index (χ4n) is 6.00. The molecule has 1 aliphatic heterocycles. The van der Waals surface area contributed by atoms with E-state index < -0.39 is 35.9 Å². The monoisotopic (exact) mass is 716 g/mol. The van der Waals surface area contributed by atoms with Gasteiger partial charge in [-0.05, 0) is 94.0 Å². The molecule has 0 spiro atoms. The average molecular weight is 717 g/mol. The number of amides is 3. The number of imide groups is 1. The Bertz CT molecular complexity index is 1880. The zero-order chi connectivity index (χ0) is 37.8. The number of carbonyl (C=O) groups is 3. The van der Waals surface area contributed by atoms with Crippen LogP contribution in [0.1, 0.15) is 68.5 Å². The normalized spacial score (nSPS) is 14.5. The summed E-state index contributed by atoms with van der Waals surface area (Å²) in [6.07, 6.45) is -6.03. The number of halogens is 3. The third-order valence-corrected chi connectivity index (χ3v) is 8.93. The average Bonchev–Trinajstić information content (AvgIpc) is 3.09. The summed E-state index contributed by atoms with van der Waals surface area (Å²) in [5.74, 6) is 0.243.